The summed E-state index contributed by atoms with van der Waals surface area (Å²) in [5.41, 5.74) is -2.51. The third-order valence-electron chi connectivity index (χ3n) is 19.2. The number of aliphatic carboxylic acids is 2. The quantitative estimate of drug-likeness (QED) is 0.112. The highest BCUT2D eigenvalue weighted by Gasteiger charge is 2.70. The number of hydrogen-bond acceptors (Lipinski definition) is 17. The highest BCUT2D eigenvalue weighted by atomic mass is 16.8. The maximum Gasteiger partial charge on any atom is 0.335 e. The Bertz CT molecular complexity index is 1920. The van der Waals surface area contributed by atoms with Crippen LogP contribution in [-0.4, -0.2) is 174 Å². The van der Waals surface area contributed by atoms with Gasteiger partial charge >= 0.3 is 11.9 Å². The van der Waals surface area contributed by atoms with Crippen LogP contribution in [0.2, 0.25) is 0 Å². The Balaban J connectivity index is 1.07. The number of carbonyl (C=O) groups is 3. The zero-order valence-corrected chi connectivity index (χ0v) is 38.9. The fourth-order valence-corrected chi connectivity index (χ4v) is 14.6. The first-order valence-corrected chi connectivity index (χ1v) is 23.7. The number of fused-ring (bicyclic) bond motifs is 7. The maximum absolute atomic E-state index is 13.8. The van der Waals surface area contributed by atoms with E-state index in [-0.39, 0.29) is 52.8 Å². The molecule has 19 heteroatoms. The van der Waals surface area contributed by atoms with Crippen LogP contribution in [0.1, 0.15) is 106 Å². The normalized spacial score (nSPS) is 55.1. The predicted octanol–water partition coefficient (Wildman–Crippen LogP) is 0.617. The monoisotopic (exact) mass is 940 g/mol. The van der Waals surface area contributed by atoms with E-state index in [1.807, 2.05) is 13.8 Å². The van der Waals surface area contributed by atoms with Crippen molar-refractivity contribution in [1.82, 2.24) is 0 Å². The molecule has 374 valence electrons. The molecule has 66 heavy (non-hydrogen) atoms. The first-order valence-electron chi connectivity index (χ1n) is 23.7. The number of allylic oxidation sites excluding steroid dienone is 2. The van der Waals surface area contributed by atoms with Gasteiger partial charge in [0.2, 0.25) is 0 Å². The summed E-state index contributed by atoms with van der Waals surface area (Å²) in [6.07, 6.45) is -17.4. The van der Waals surface area contributed by atoms with Gasteiger partial charge in [0.15, 0.2) is 25.0 Å². The Morgan fingerprint density at radius 1 is 0.742 bits per heavy atom. The molecule has 5 aliphatic carbocycles. The van der Waals surface area contributed by atoms with Crippen molar-refractivity contribution in [2.75, 3.05) is 13.2 Å². The van der Waals surface area contributed by atoms with Crippen LogP contribution in [0.3, 0.4) is 0 Å². The summed E-state index contributed by atoms with van der Waals surface area (Å²) in [6.45, 7) is 13.1. The molecule has 0 unspecified atom stereocenters. The maximum atomic E-state index is 13.8. The van der Waals surface area contributed by atoms with E-state index in [1.54, 1.807) is 6.92 Å². The summed E-state index contributed by atoms with van der Waals surface area (Å²) < 4.78 is 35.9. The van der Waals surface area contributed by atoms with Gasteiger partial charge in [-0.3, -0.25) is 9.59 Å². The van der Waals surface area contributed by atoms with Crippen LogP contribution in [0.15, 0.2) is 11.6 Å². The Kier molecular flexibility index (Phi) is 13.1. The molecule has 0 aromatic heterocycles. The molecule has 0 aromatic carbocycles. The molecule has 8 aliphatic rings. The lowest BCUT2D eigenvalue weighted by atomic mass is 9.33. The van der Waals surface area contributed by atoms with Crippen LogP contribution in [-0.2, 0) is 42.8 Å². The number of rotatable bonds is 9. The van der Waals surface area contributed by atoms with Gasteiger partial charge in [-0.05, 0) is 99.2 Å². The fourth-order valence-electron chi connectivity index (χ4n) is 14.6. The van der Waals surface area contributed by atoms with Gasteiger partial charge in [-0.25, -0.2) is 4.79 Å². The van der Waals surface area contributed by atoms with Gasteiger partial charge in [0.25, 0.3) is 0 Å². The molecular formula is C47H72O19. The summed E-state index contributed by atoms with van der Waals surface area (Å²) in [6, 6.07) is 0. The van der Waals surface area contributed by atoms with Crippen LogP contribution in [0, 0.1) is 50.2 Å². The summed E-state index contributed by atoms with van der Waals surface area (Å²) in [7, 11) is 0. The molecule has 4 saturated carbocycles. The molecule has 0 aromatic rings. The lowest BCUT2D eigenvalue weighted by Gasteiger charge is -2.71. The first-order chi connectivity index (χ1) is 30.7. The van der Waals surface area contributed by atoms with Crippen molar-refractivity contribution in [2.24, 2.45) is 50.2 Å². The van der Waals surface area contributed by atoms with Crippen molar-refractivity contribution in [2.45, 2.75) is 198 Å². The van der Waals surface area contributed by atoms with Gasteiger partial charge in [0, 0.05) is 17.3 Å². The summed E-state index contributed by atoms with van der Waals surface area (Å²) in [5.74, 6) is -2.76. The van der Waals surface area contributed by atoms with E-state index < -0.39 is 127 Å². The number of Topliss-reactive ketones (excluding diaryl/α,β-unsaturated/α-hetero) is 1. The Hall–Kier alpha value is -2.21. The number of ether oxygens (including phenoxy) is 6. The lowest BCUT2D eigenvalue weighted by molar-refractivity contribution is -0.387. The summed E-state index contributed by atoms with van der Waals surface area (Å²) in [4.78, 5) is 38.8. The molecule has 0 amide bonds. The van der Waals surface area contributed by atoms with Crippen molar-refractivity contribution in [1.29, 1.82) is 0 Å². The third kappa shape index (κ3) is 7.47. The minimum absolute atomic E-state index is 0.0134. The minimum atomic E-state index is -2.05. The van der Waals surface area contributed by atoms with Crippen LogP contribution in [0.25, 0.3) is 0 Å². The number of carboxylic acid groups (broad SMARTS) is 2. The van der Waals surface area contributed by atoms with E-state index >= 15 is 0 Å². The second-order valence-corrected chi connectivity index (χ2v) is 22.6. The average Bonchev–Trinajstić information content (AvgIpc) is 3.25. The number of carbonyl (C=O) groups excluding carboxylic acids is 1. The molecule has 0 bridgehead atoms. The molecule has 3 saturated heterocycles. The topological polar surface area (TPSA) is 309 Å². The average molecular weight is 941 g/mol. The van der Waals surface area contributed by atoms with Crippen LogP contribution in [0.4, 0.5) is 0 Å². The Morgan fingerprint density at radius 3 is 2.06 bits per heavy atom. The van der Waals surface area contributed by atoms with Crippen molar-refractivity contribution < 1.29 is 93.9 Å². The van der Waals surface area contributed by atoms with Crippen molar-refractivity contribution in [3.63, 3.8) is 0 Å². The van der Waals surface area contributed by atoms with Gasteiger partial charge in [-0.15, -0.1) is 0 Å². The van der Waals surface area contributed by atoms with E-state index in [1.165, 1.54) is 12.5 Å². The molecular weight excluding hydrogens is 868 g/mol. The zero-order chi connectivity index (χ0) is 48.4. The number of ketones is 1. The second kappa shape index (κ2) is 17.3. The van der Waals surface area contributed by atoms with E-state index in [0.717, 1.165) is 12.8 Å². The third-order valence-corrected chi connectivity index (χ3v) is 19.2. The fraction of sp³-hybridized carbons (Fsp3) is 0.894. The minimum Gasteiger partial charge on any atom is -0.481 e. The lowest BCUT2D eigenvalue weighted by Crippen LogP contribution is -2.68. The standard InChI is InChI=1S/C47H72O19/c1-20-28(51)30(53)33(56)38(62-20)65-35-29(52)23(49)18-61-39(35)66-36-32(55)31(54)34(37(57)58)64-40(36)63-27-11-12-44(4)24(45(27,5)19-48)10-13-47(7)25(44)9-8-21-22-16-42(2,41(59)60)17-26(50)43(22,3)14-15-46(21,47)6/h8,20,22-25,27-36,38-40,48-49,51-56H,9-19H2,1-7H3,(H,57,58)(H,59,60)/t20-,22-,23+,24+,25+,27-,28-,29-,30+,31-,32-,33+,34-,35+,36+,38-,39-,40+,42-,43+,44-,45+,46+,47+/m0/s1. The molecule has 0 radical (unpaired) electrons. The van der Waals surface area contributed by atoms with Crippen LogP contribution >= 0.6 is 0 Å². The number of carboxylic acids is 2. The Morgan fingerprint density at radius 2 is 1.41 bits per heavy atom. The highest BCUT2D eigenvalue weighted by molar-refractivity contribution is 5.92. The summed E-state index contributed by atoms with van der Waals surface area (Å²) in [5, 5.41) is 108. The van der Waals surface area contributed by atoms with Crippen LogP contribution in [0.5, 0.6) is 0 Å². The van der Waals surface area contributed by atoms with Gasteiger partial charge in [0.1, 0.15) is 60.7 Å². The molecule has 3 aliphatic heterocycles. The number of aliphatic hydroxyl groups is 8. The van der Waals surface area contributed by atoms with Gasteiger partial charge in [0.05, 0.1) is 30.8 Å². The van der Waals surface area contributed by atoms with Crippen LogP contribution < -0.4 is 0 Å². The number of hydrogen-bond donors (Lipinski definition) is 10. The first kappa shape index (κ1) is 50.2. The molecule has 7 fully saturated rings. The second-order valence-electron chi connectivity index (χ2n) is 22.6. The predicted molar refractivity (Wildman–Crippen MR) is 226 cm³/mol. The highest BCUT2D eigenvalue weighted by Crippen LogP contribution is 2.75. The zero-order valence-electron chi connectivity index (χ0n) is 38.9. The largest absolute Gasteiger partial charge is 0.481 e. The van der Waals surface area contributed by atoms with E-state index in [2.05, 4.69) is 26.8 Å². The SMILES string of the molecule is C[C@@H]1O[C@@H](O[C@H]2[C@H](O[C@H]3[C@H](O[C@H]4CC[C@@]5(C)[C@@H](CC[C@]6(C)[C@@H]5CC=C5[C@@H]7C[C@](C)(C(=O)O)CC(=O)[C@]7(C)CC[C@]56C)[C@@]4(C)CO)O[C@H](C(=O)O)[C@@H](O)[C@@H]3O)OC[C@@H](O)[C@@H]2O)[C@H](O)[C@H](O)[C@H]1O. The van der Waals surface area contributed by atoms with Gasteiger partial charge < -0.3 is 79.5 Å². The smallest absolute Gasteiger partial charge is 0.335 e. The van der Waals surface area contributed by atoms with Crippen molar-refractivity contribution in [3.8, 4) is 0 Å². The van der Waals surface area contributed by atoms with Crippen molar-refractivity contribution >= 4 is 17.7 Å². The van der Waals surface area contributed by atoms with E-state index in [4.69, 9.17) is 28.4 Å². The number of aliphatic hydroxyl groups excluding tert-OH is 8. The van der Waals surface area contributed by atoms with Gasteiger partial charge in [-0.1, -0.05) is 46.3 Å². The molecule has 24 atom stereocenters. The molecule has 8 rings (SSSR count). The van der Waals surface area contributed by atoms with Crippen molar-refractivity contribution in [3.05, 3.63) is 11.6 Å². The molecule has 10 N–H and O–H groups in total. The van der Waals surface area contributed by atoms with E-state index in [9.17, 15) is 65.4 Å². The molecule has 0 spiro atoms. The Labute approximate surface area is 384 Å². The van der Waals surface area contributed by atoms with E-state index in [0.29, 0.717) is 38.5 Å². The van der Waals surface area contributed by atoms with Gasteiger partial charge in [-0.2, -0.15) is 0 Å². The molecule has 3 heterocycles. The molecule has 19 nitrogen and oxygen atoms in total. The summed E-state index contributed by atoms with van der Waals surface area (Å²) >= 11 is 0.